The van der Waals surface area contributed by atoms with E-state index in [0.717, 1.165) is 74.1 Å². The first-order chi connectivity index (χ1) is 18.9. The van der Waals surface area contributed by atoms with E-state index < -0.39 is 29.7 Å². The van der Waals surface area contributed by atoms with Crippen LogP contribution in [0.4, 0.5) is 11.5 Å². The molecule has 11 heteroatoms. The molecule has 218 valence electrons. The molecule has 0 aliphatic carbocycles. The molecule has 0 saturated carbocycles. The number of carbonyl (C=O) groups is 2. The molecule has 2 unspecified atom stereocenters. The number of benzene rings is 1. The Kier molecular flexibility index (Phi) is 8.46. The molecule has 40 heavy (non-hydrogen) atoms. The highest BCUT2D eigenvalue weighted by Gasteiger charge is 2.44. The summed E-state index contributed by atoms with van der Waals surface area (Å²) in [7, 11) is 0. The van der Waals surface area contributed by atoms with Gasteiger partial charge in [0.25, 0.3) is 0 Å². The maximum Gasteiger partial charge on any atom is 0.377 e. The van der Waals surface area contributed by atoms with Gasteiger partial charge in [-0.1, -0.05) is 0 Å². The van der Waals surface area contributed by atoms with Crippen LogP contribution >= 0.6 is 0 Å². The number of carboxylic acids is 2. The Hall–Kier alpha value is -3.57. The summed E-state index contributed by atoms with van der Waals surface area (Å²) in [5.41, 5.74) is 3.53. The van der Waals surface area contributed by atoms with E-state index in [2.05, 4.69) is 40.0 Å². The number of aliphatic hydroxyl groups is 1. The lowest BCUT2D eigenvalue weighted by molar-refractivity contribution is -0.200. The van der Waals surface area contributed by atoms with Crippen LogP contribution in [-0.2, 0) is 16.0 Å². The van der Waals surface area contributed by atoms with Crippen LogP contribution in [0.5, 0.6) is 11.5 Å². The van der Waals surface area contributed by atoms with E-state index in [9.17, 15) is 19.8 Å². The molecule has 4 rings (SSSR count). The van der Waals surface area contributed by atoms with Gasteiger partial charge in [0.1, 0.15) is 23.5 Å². The van der Waals surface area contributed by atoms with Crippen molar-refractivity contribution in [3.05, 3.63) is 40.6 Å². The zero-order valence-corrected chi connectivity index (χ0v) is 23.9. The number of aromatic nitrogens is 1. The van der Waals surface area contributed by atoms with E-state index >= 15 is 0 Å². The van der Waals surface area contributed by atoms with Crippen LogP contribution in [0, 0.1) is 20.8 Å². The second kappa shape index (κ2) is 11.5. The van der Waals surface area contributed by atoms with Gasteiger partial charge in [-0.15, -0.1) is 0 Å². The number of pyridine rings is 1. The molecule has 2 atom stereocenters. The van der Waals surface area contributed by atoms with Gasteiger partial charge in [-0.05, 0) is 76.3 Å². The van der Waals surface area contributed by atoms with E-state index in [1.165, 1.54) is 0 Å². The molecule has 0 amide bonds. The normalized spacial score (nSPS) is 20.7. The Morgan fingerprint density at radius 2 is 1.85 bits per heavy atom. The van der Waals surface area contributed by atoms with Gasteiger partial charge in [0.15, 0.2) is 5.82 Å². The molecule has 1 aromatic carbocycles. The van der Waals surface area contributed by atoms with Crippen molar-refractivity contribution in [3.63, 3.8) is 0 Å². The third kappa shape index (κ3) is 5.95. The quantitative estimate of drug-likeness (QED) is 0.321. The van der Waals surface area contributed by atoms with Gasteiger partial charge in [-0.3, -0.25) is 9.69 Å². The highest BCUT2D eigenvalue weighted by atomic mass is 16.6. The standard InChI is InChI=1S/C29H40N4O7/c1-6-30-22-8-7-11-31-26(22)33-14-12-32(13-15-33)17-28(5)10-9-21-20(4)24(18(2)19(3)25(21)39-28)40-29(38,27(36)37)16-23(34)35/h7-8,11,30,38H,6,9-10,12-17H2,1-5H3,(H,34,35)(H,36,37). The fraction of sp³-hybridized carbons (Fsp3) is 0.552. The molecular formula is C29H40N4O7. The summed E-state index contributed by atoms with van der Waals surface area (Å²) >= 11 is 0. The zero-order valence-electron chi connectivity index (χ0n) is 23.9. The number of hydrogen-bond donors (Lipinski definition) is 4. The topological polar surface area (TPSA) is 145 Å². The molecule has 0 radical (unpaired) electrons. The number of hydrogen-bond acceptors (Lipinski definition) is 9. The highest BCUT2D eigenvalue weighted by molar-refractivity contribution is 5.82. The Labute approximate surface area is 234 Å². The van der Waals surface area contributed by atoms with Crippen LogP contribution in [0.1, 0.15) is 48.9 Å². The predicted octanol–water partition coefficient (Wildman–Crippen LogP) is 2.97. The largest absolute Gasteiger partial charge is 0.486 e. The zero-order chi connectivity index (χ0) is 29.2. The summed E-state index contributed by atoms with van der Waals surface area (Å²) in [6.45, 7) is 14.7. The summed E-state index contributed by atoms with van der Waals surface area (Å²) in [6.07, 6.45) is 2.16. The van der Waals surface area contributed by atoms with Gasteiger partial charge in [-0.25, -0.2) is 9.78 Å². The summed E-state index contributed by atoms with van der Waals surface area (Å²) in [5, 5.41) is 32.5. The minimum Gasteiger partial charge on any atom is -0.486 e. The molecule has 3 heterocycles. The molecular weight excluding hydrogens is 516 g/mol. The number of ether oxygens (including phenoxy) is 2. The lowest BCUT2D eigenvalue weighted by Crippen LogP contribution is -2.54. The first kappa shape index (κ1) is 29.4. The van der Waals surface area contributed by atoms with Gasteiger partial charge in [-0.2, -0.15) is 0 Å². The molecule has 4 N–H and O–H groups in total. The summed E-state index contributed by atoms with van der Waals surface area (Å²) in [6, 6.07) is 4.00. The van der Waals surface area contributed by atoms with Crippen LogP contribution in [-0.4, -0.2) is 87.8 Å². The highest BCUT2D eigenvalue weighted by Crippen LogP contribution is 2.45. The summed E-state index contributed by atoms with van der Waals surface area (Å²) < 4.78 is 12.2. The number of nitrogens with zero attached hydrogens (tertiary/aromatic N) is 3. The molecule has 1 fully saturated rings. The van der Waals surface area contributed by atoms with E-state index in [-0.39, 0.29) is 5.75 Å². The maximum atomic E-state index is 11.7. The third-order valence-corrected chi connectivity index (χ3v) is 7.94. The maximum absolute atomic E-state index is 11.7. The SMILES string of the molecule is CCNc1cccnc1N1CCN(CC2(C)CCc3c(C)c(OC(O)(CC(=O)O)C(=O)O)c(C)c(C)c3O2)CC1. The minimum atomic E-state index is -2.88. The molecule has 1 saturated heterocycles. The second-order valence-corrected chi connectivity index (χ2v) is 11.0. The lowest BCUT2D eigenvalue weighted by Gasteiger charge is -2.43. The van der Waals surface area contributed by atoms with E-state index in [1.807, 2.05) is 19.2 Å². The number of nitrogens with one attached hydrogen (secondary N) is 1. The van der Waals surface area contributed by atoms with Crippen molar-refractivity contribution in [2.24, 2.45) is 0 Å². The molecule has 1 aromatic heterocycles. The average Bonchev–Trinajstić information content (AvgIpc) is 2.90. The van der Waals surface area contributed by atoms with Crippen molar-refractivity contribution in [3.8, 4) is 11.5 Å². The molecule has 2 aliphatic rings. The third-order valence-electron chi connectivity index (χ3n) is 7.94. The number of piperazine rings is 1. The number of anilines is 2. The Morgan fingerprint density at radius 3 is 2.48 bits per heavy atom. The Bertz CT molecular complexity index is 1280. The van der Waals surface area contributed by atoms with Crippen molar-refractivity contribution < 1.29 is 34.4 Å². The number of carboxylic acid groups (broad SMARTS) is 2. The minimum absolute atomic E-state index is 0.178. The van der Waals surface area contributed by atoms with E-state index in [1.54, 1.807) is 13.8 Å². The number of rotatable bonds is 10. The van der Waals surface area contributed by atoms with E-state index in [4.69, 9.17) is 14.6 Å². The molecule has 2 aromatic rings. The van der Waals surface area contributed by atoms with Gasteiger partial charge in [0.05, 0.1) is 5.69 Å². The van der Waals surface area contributed by atoms with Crippen LogP contribution in [0.15, 0.2) is 18.3 Å². The smallest absolute Gasteiger partial charge is 0.377 e. The van der Waals surface area contributed by atoms with Crippen molar-refractivity contribution in [2.45, 2.75) is 65.3 Å². The average molecular weight is 557 g/mol. The first-order valence-corrected chi connectivity index (χ1v) is 13.7. The molecule has 2 aliphatic heterocycles. The molecule has 0 bridgehead atoms. The predicted molar refractivity (Wildman–Crippen MR) is 151 cm³/mol. The summed E-state index contributed by atoms with van der Waals surface area (Å²) in [5.74, 6) is -4.21. The van der Waals surface area contributed by atoms with Gasteiger partial charge >= 0.3 is 17.7 Å². The second-order valence-electron chi connectivity index (χ2n) is 11.0. The fourth-order valence-corrected chi connectivity index (χ4v) is 5.64. The van der Waals surface area contributed by atoms with Crippen molar-refractivity contribution >= 4 is 23.4 Å². The fourth-order valence-electron chi connectivity index (χ4n) is 5.64. The Morgan fingerprint density at radius 1 is 1.15 bits per heavy atom. The van der Waals surface area contributed by atoms with Gasteiger partial charge < -0.3 is 35.0 Å². The van der Waals surface area contributed by atoms with Crippen molar-refractivity contribution in [2.75, 3.05) is 49.5 Å². The summed E-state index contributed by atoms with van der Waals surface area (Å²) in [4.78, 5) is 32.3. The van der Waals surface area contributed by atoms with Crippen molar-refractivity contribution in [1.82, 2.24) is 9.88 Å². The number of aliphatic carboxylic acids is 2. The van der Waals surface area contributed by atoms with Crippen LogP contribution < -0.4 is 19.7 Å². The van der Waals surface area contributed by atoms with Crippen LogP contribution in [0.2, 0.25) is 0 Å². The Balaban J connectivity index is 1.48. The van der Waals surface area contributed by atoms with Gasteiger partial charge in [0, 0.05) is 51.0 Å². The first-order valence-electron chi connectivity index (χ1n) is 13.7. The van der Waals surface area contributed by atoms with Crippen LogP contribution in [0.25, 0.3) is 0 Å². The van der Waals surface area contributed by atoms with E-state index in [0.29, 0.717) is 17.5 Å². The van der Waals surface area contributed by atoms with Crippen LogP contribution in [0.3, 0.4) is 0 Å². The number of fused-ring (bicyclic) bond motifs is 1. The monoisotopic (exact) mass is 556 g/mol. The molecule has 11 nitrogen and oxygen atoms in total. The van der Waals surface area contributed by atoms with Crippen molar-refractivity contribution in [1.29, 1.82) is 0 Å². The van der Waals surface area contributed by atoms with Gasteiger partial charge in [0.2, 0.25) is 0 Å². The molecule has 0 spiro atoms. The lowest BCUT2D eigenvalue weighted by atomic mass is 9.86.